The lowest BCUT2D eigenvalue weighted by atomic mass is 10.0. The number of hydrogen-bond acceptors (Lipinski definition) is 7. The number of hydrogen-bond donors (Lipinski definition) is 0. The molecule has 1 fully saturated rings. The first-order chi connectivity index (χ1) is 17.3. The number of nitrogens with zero attached hydrogens (tertiary/aromatic N) is 3. The lowest BCUT2D eigenvalue weighted by Gasteiger charge is -2.38. The molecule has 0 unspecified atom stereocenters. The van der Waals surface area contributed by atoms with Crippen molar-refractivity contribution in [2.45, 2.75) is 23.7 Å². The molecule has 0 spiro atoms. The van der Waals surface area contributed by atoms with E-state index in [1.807, 2.05) is 12.1 Å². The summed E-state index contributed by atoms with van der Waals surface area (Å²) >= 11 is 0. The number of fused-ring (bicyclic) bond motifs is 1. The second-order valence-corrected chi connectivity index (χ2v) is 10.6. The Morgan fingerprint density at radius 3 is 2.50 bits per heavy atom. The third-order valence-electron chi connectivity index (χ3n) is 6.15. The molecule has 3 heterocycles. The Labute approximate surface area is 208 Å². The average molecular weight is 502 g/mol. The van der Waals surface area contributed by atoms with Crippen molar-refractivity contribution in [3.63, 3.8) is 0 Å². The number of ether oxygens (including phenoxy) is 1. The summed E-state index contributed by atoms with van der Waals surface area (Å²) < 4.78 is 31.8. The summed E-state index contributed by atoms with van der Waals surface area (Å²) in [7, 11) is -3.66. The summed E-state index contributed by atoms with van der Waals surface area (Å²) in [5.74, 6) is -0.912. The van der Waals surface area contributed by atoms with Crippen LogP contribution >= 0.6 is 0 Å². The molecule has 0 radical (unpaired) electrons. The van der Waals surface area contributed by atoms with Gasteiger partial charge in [-0.1, -0.05) is 30.3 Å². The third kappa shape index (κ3) is 4.70. The number of aryl methyl sites for hydroxylation is 1. The number of pyridine rings is 2. The van der Waals surface area contributed by atoms with Crippen LogP contribution in [-0.4, -0.2) is 54.4 Å². The normalized spacial score (nSPS) is 13.9. The van der Waals surface area contributed by atoms with E-state index in [1.54, 1.807) is 72.6 Å². The van der Waals surface area contributed by atoms with E-state index in [0.29, 0.717) is 35.3 Å². The van der Waals surface area contributed by atoms with E-state index in [9.17, 15) is 18.0 Å². The summed E-state index contributed by atoms with van der Waals surface area (Å²) in [6, 6.07) is 18.7. The lowest BCUT2D eigenvalue weighted by Crippen LogP contribution is -2.55. The molecule has 0 bridgehead atoms. The second-order valence-electron chi connectivity index (χ2n) is 8.68. The molecule has 5 rings (SSSR count). The fraction of sp³-hybridized carbons (Fsp3) is 0.185. The van der Waals surface area contributed by atoms with Gasteiger partial charge in [0.05, 0.1) is 29.3 Å². The molecule has 0 atom stereocenters. The zero-order valence-electron chi connectivity index (χ0n) is 19.5. The zero-order chi connectivity index (χ0) is 25.3. The Bertz CT molecular complexity index is 1560. The number of benzene rings is 2. The van der Waals surface area contributed by atoms with Gasteiger partial charge in [-0.2, -0.15) is 0 Å². The van der Waals surface area contributed by atoms with Crippen LogP contribution in [0.25, 0.3) is 10.9 Å². The van der Waals surface area contributed by atoms with Gasteiger partial charge in [0.1, 0.15) is 11.8 Å². The molecule has 1 saturated heterocycles. The summed E-state index contributed by atoms with van der Waals surface area (Å²) in [6.07, 6.45) is 2.71. The van der Waals surface area contributed by atoms with Crippen LogP contribution < -0.4 is 0 Å². The maximum atomic E-state index is 13.2. The molecule has 36 heavy (non-hydrogen) atoms. The van der Waals surface area contributed by atoms with Crippen molar-refractivity contribution in [3.8, 4) is 0 Å². The summed E-state index contributed by atoms with van der Waals surface area (Å²) in [6.45, 7) is 2.37. The molecule has 0 N–H and O–H groups in total. The molecule has 1 aliphatic heterocycles. The molecule has 9 heteroatoms. The average Bonchev–Trinajstić information content (AvgIpc) is 2.86. The lowest BCUT2D eigenvalue weighted by molar-refractivity contribution is -0.0238. The Hall–Kier alpha value is -4.11. The number of para-hydroxylation sites is 1. The zero-order valence-corrected chi connectivity index (χ0v) is 20.3. The van der Waals surface area contributed by atoms with Crippen molar-refractivity contribution in [3.05, 3.63) is 102 Å². The van der Waals surface area contributed by atoms with E-state index in [2.05, 4.69) is 9.97 Å². The van der Waals surface area contributed by atoms with Gasteiger partial charge in [0.15, 0.2) is 9.84 Å². The van der Waals surface area contributed by atoms with Crippen molar-refractivity contribution in [1.82, 2.24) is 14.9 Å². The van der Waals surface area contributed by atoms with Crippen LogP contribution in [0.1, 0.15) is 32.0 Å². The molecule has 1 amide bonds. The summed E-state index contributed by atoms with van der Waals surface area (Å²) in [5, 5.41) is 0.759. The van der Waals surface area contributed by atoms with E-state index in [4.69, 9.17) is 4.74 Å². The van der Waals surface area contributed by atoms with Crippen molar-refractivity contribution >= 4 is 32.6 Å². The number of carbonyl (C=O) groups is 2. The Kier molecular flexibility index (Phi) is 6.24. The van der Waals surface area contributed by atoms with Crippen LogP contribution in [0.4, 0.5) is 0 Å². The van der Waals surface area contributed by atoms with Crippen LogP contribution in [0.15, 0.2) is 84.0 Å². The van der Waals surface area contributed by atoms with E-state index >= 15 is 0 Å². The number of carbonyl (C=O) groups excluding carboxylic acids is 2. The maximum Gasteiger partial charge on any atom is 0.357 e. The molecule has 2 aromatic heterocycles. The fourth-order valence-electron chi connectivity index (χ4n) is 4.16. The van der Waals surface area contributed by atoms with Gasteiger partial charge >= 0.3 is 5.97 Å². The minimum atomic E-state index is -3.66. The Morgan fingerprint density at radius 1 is 0.972 bits per heavy atom. The van der Waals surface area contributed by atoms with Crippen molar-refractivity contribution in [2.24, 2.45) is 0 Å². The van der Waals surface area contributed by atoms with Crippen LogP contribution in [0.3, 0.4) is 0 Å². The molecule has 2 aromatic carbocycles. The monoisotopic (exact) mass is 501 g/mol. The Morgan fingerprint density at radius 2 is 1.75 bits per heavy atom. The first kappa shape index (κ1) is 23.6. The van der Waals surface area contributed by atoms with Gasteiger partial charge in [-0.25, -0.2) is 18.2 Å². The van der Waals surface area contributed by atoms with Crippen molar-refractivity contribution < 1.29 is 22.7 Å². The Balaban J connectivity index is 1.25. The smallest absolute Gasteiger partial charge is 0.357 e. The predicted octanol–water partition coefficient (Wildman–Crippen LogP) is 3.59. The van der Waals surface area contributed by atoms with Gasteiger partial charge in [0.25, 0.3) is 5.91 Å². The first-order valence-electron chi connectivity index (χ1n) is 11.4. The van der Waals surface area contributed by atoms with Gasteiger partial charge in [0.2, 0.25) is 0 Å². The highest BCUT2D eigenvalue weighted by Crippen LogP contribution is 2.26. The molecule has 182 valence electrons. The van der Waals surface area contributed by atoms with E-state index < -0.39 is 15.8 Å². The highest BCUT2D eigenvalue weighted by Gasteiger charge is 2.34. The summed E-state index contributed by atoms with van der Waals surface area (Å²) in [4.78, 5) is 35.0. The molecule has 8 nitrogen and oxygen atoms in total. The molecule has 0 aliphatic carbocycles. The van der Waals surface area contributed by atoms with Gasteiger partial charge < -0.3 is 9.64 Å². The largest absolute Gasteiger partial charge is 0.454 e. The molecular formula is C27H23N3O5S. The standard InChI is InChI=1S/C27H23N3O5S/c1-18-14-20(26(31)30-15-22(16-30)35-27(32)23-8-2-3-12-28-23)10-11-21(18)17-36(33,34)24-9-4-6-19-7-5-13-29-25(19)24/h2-14,22H,15-17H2,1H3. The number of likely N-dealkylation sites (tertiary alicyclic amines) is 1. The van der Waals surface area contributed by atoms with Crippen LogP contribution in [-0.2, 0) is 20.3 Å². The first-order valence-corrected chi connectivity index (χ1v) is 13.0. The SMILES string of the molecule is Cc1cc(C(=O)N2CC(OC(=O)c3ccccn3)C2)ccc1CS(=O)(=O)c1cccc2cccnc12. The molecule has 0 saturated carbocycles. The quantitative estimate of drug-likeness (QED) is 0.372. The van der Waals surface area contributed by atoms with Gasteiger partial charge in [-0.3, -0.25) is 9.78 Å². The van der Waals surface area contributed by atoms with E-state index in [-0.39, 0.29) is 28.4 Å². The van der Waals surface area contributed by atoms with Gasteiger partial charge in [-0.15, -0.1) is 0 Å². The van der Waals surface area contributed by atoms with Crippen molar-refractivity contribution in [2.75, 3.05) is 13.1 Å². The highest BCUT2D eigenvalue weighted by molar-refractivity contribution is 7.90. The maximum absolute atomic E-state index is 13.2. The minimum Gasteiger partial charge on any atom is -0.454 e. The highest BCUT2D eigenvalue weighted by atomic mass is 32.2. The number of aromatic nitrogens is 2. The van der Waals surface area contributed by atoms with Crippen LogP contribution in [0.5, 0.6) is 0 Å². The number of esters is 1. The number of amides is 1. The second kappa shape index (κ2) is 9.50. The van der Waals surface area contributed by atoms with Crippen LogP contribution in [0, 0.1) is 6.92 Å². The molecular weight excluding hydrogens is 478 g/mol. The third-order valence-corrected chi connectivity index (χ3v) is 7.84. The summed E-state index contributed by atoms with van der Waals surface area (Å²) in [5.41, 5.74) is 2.44. The topological polar surface area (TPSA) is 107 Å². The van der Waals surface area contributed by atoms with E-state index in [1.165, 1.54) is 6.20 Å². The minimum absolute atomic E-state index is 0.187. The van der Waals surface area contributed by atoms with Gasteiger partial charge in [0, 0.05) is 23.3 Å². The van der Waals surface area contributed by atoms with Crippen molar-refractivity contribution in [1.29, 1.82) is 0 Å². The molecule has 1 aliphatic rings. The molecule has 4 aromatic rings. The number of rotatable bonds is 6. The van der Waals surface area contributed by atoms with Gasteiger partial charge in [-0.05, 0) is 54.4 Å². The van der Waals surface area contributed by atoms with E-state index in [0.717, 1.165) is 5.39 Å². The predicted molar refractivity (Wildman–Crippen MR) is 133 cm³/mol. The number of sulfone groups is 1. The van der Waals surface area contributed by atoms with Crippen LogP contribution in [0.2, 0.25) is 0 Å². The fourth-order valence-corrected chi connectivity index (χ4v) is 5.80.